The van der Waals surface area contributed by atoms with E-state index in [1.165, 1.54) is 6.92 Å². The van der Waals surface area contributed by atoms with E-state index < -0.39 is 21.2 Å². The van der Waals surface area contributed by atoms with Crippen LogP contribution in [0.4, 0.5) is 0 Å². The van der Waals surface area contributed by atoms with Crippen molar-refractivity contribution in [1.29, 1.82) is 0 Å². The Balaban J connectivity index is 2.45. The second-order valence-corrected chi connectivity index (χ2v) is 6.27. The van der Waals surface area contributed by atoms with Gasteiger partial charge in [-0.3, -0.25) is 4.79 Å². The summed E-state index contributed by atoms with van der Waals surface area (Å²) >= 11 is 0. The van der Waals surface area contributed by atoms with E-state index in [9.17, 15) is 13.2 Å². The molecule has 0 spiro atoms. The lowest BCUT2D eigenvalue weighted by Crippen LogP contribution is -2.39. The number of carboxylic acids is 1. The molecule has 1 saturated carbocycles. The molecule has 0 radical (unpaired) electrons. The Labute approximate surface area is 89.9 Å². The summed E-state index contributed by atoms with van der Waals surface area (Å²) in [5, 5.41) is 7.20. The first-order valence-electron chi connectivity index (χ1n) is 5.06. The molecule has 2 unspecified atom stereocenters. The van der Waals surface area contributed by atoms with Crippen LogP contribution < -0.4 is 4.72 Å². The maximum Gasteiger partial charge on any atom is 0.323 e. The molecule has 0 aromatic heterocycles. The second kappa shape index (κ2) is 4.49. The van der Waals surface area contributed by atoms with Crippen LogP contribution in [-0.2, 0) is 14.8 Å². The van der Waals surface area contributed by atoms with Crippen molar-refractivity contribution in [3.63, 3.8) is 0 Å². The number of nitrogens with one attached hydrogen (secondary N) is 1. The Bertz CT molecular complexity index is 334. The number of carbonyl (C=O) groups is 1. The summed E-state index contributed by atoms with van der Waals surface area (Å²) in [6, 6.07) is 0. The Morgan fingerprint density at radius 2 is 2.00 bits per heavy atom. The van der Waals surface area contributed by atoms with E-state index in [1.54, 1.807) is 0 Å². The van der Waals surface area contributed by atoms with E-state index in [-0.39, 0.29) is 0 Å². The lowest BCUT2D eigenvalue weighted by atomic mass is 10.1. The van der Waals surface area contributed by atoms with E-state index >= 15 is 0 Å². The minimum Gasteiger partial charge on any atom is -0.480 e. The Morgan fingerprint density at radius 1 is 1.47 bits per heavy atom. The molecule has 1 fully saturated rings. The third-order valence-electron chi connectivity index (χ3n) is 2.85. The Hall–Kier alpha value is -0.620. The van der Waals surface area contributed by atoms with Gasteiger partial charge in [-0.05, 0) is 31.6 Å². The number of aliphatic carboxylic acids is 1. The van der Waals surface area contributed by atoms with E-state index in [4.69, 9.17) is 5.11 Å². The van der Waals surface area contributed by atoms with Crippen molar-refractivity contribution < 1.29 is 18.3 Å². The molecule has 1 rings (SSSR count). The van der Waals surface area contributed by atoms with Gasteiger partial charge in [0.05, 0.1) is 0 Å². The van der Waals surface area contributed by atoms with Crippen molar-refractivity contribution in [3.8, 4) is 0 Å². The van der Waals surface area contributed by atoms with Gasteiger partial charge in [-0.2, -0.15) is 0 Å². The van der Waals surface area contributed by atoms with Crippen LogP contribution in [0.25, 0.3) is 0 Å². The number of rotatable bonds is 6. The zero-order valence-corrected chi connectivity index (χ0v) is 9.75. The van der Waals surface area contributed by atoms with Crippen LogP contribution in [0.15, 0.2) is 0 Å². The third kappa shape index (κ3) is 3.46. The average molecular weight is 235 g/mol. The van der Waals surface area contributed by atoms with Gasteiger partial charge in [-0.15, -0.1) is 0 Å². The van der Waals surface area contributed by atoms with Crippen molar-refractivity contribution in [3.05, 3.63) is 0 Å². The smallest absolute Gasteiger partial charge is 0.323 e. The number of hydrogen-bond acceptors (Lipinski definition) is 3. The highest BCUT2D eigenvalue weighted by Gasteiger charge is 2.31. The largest absolute Gasteiger partial charge is 0.480 e. The topological polar surface area (TPSA) is 83.5 Å². The monoisotopic (exact) mass is 235 g/mol. The van der Waals surface area contributed by atoms with Crippen LogP contribution in [0.3, 0.4) is 0 Å². The van der Waals surface area contributed by atoms with Gasteiger partial charge in [0, 0.05) is 6.54 Å². The molecule has 5 nitrogen and oxygen atoms in total. The summed E-state index contributed by atoms with van der Waals surface area (Å²) in [6.07, 6.45) is 2.30. The first-order valence-corrected chi connectivity index (χ1v) is 6.60. The van der Waals surface area contributed by atoms with Crippen LogP contribution in [0.5, 0.6) is 0 Å². The van der Waals surface area contributed by atoms with Crippen molar-refractivity contribution in [1.82, 2.24) is 4.72 Å². The van der Waals surface area contributed by atoms with Gasteiger partial charge in [-0.25, -0.2) is 13.1 Å². The molecule has 2 atom stereocenters. The van der Waals surface area contributed by atoms with Gasteiger partial charge < -0.3 is 5.11 Å². The standard InChI is InChI=1S/C9H17NO4S/c1-6(8-3-4-8)5-10-15(13,14)7(2)9(11)12/h6-8,10H,3-5H2,1-2H3,(H,11,12). The SMILES string of the molecule is CC(CNS(=O)(=O)C(C)C(=O)O)C1CC1. The lowest BCUT2D eigenvalue weighted by Gasteiger charge is -2.13. The summed E-state index contributed by atoms with van der Waals surface area (Å²) in [7, 11) is -3.71. The van der Waals surface area contributed by atoms with Gasteiger partial charge in [0.2, 0.25) is 10.0 Å². The molecule has 0 amide bonds. The molecule has 0 aromatic rings. The number of hydrogen-bond donors (Lipinski definition) is 2. The fourth-order valence-corrected chi connectivity index (χ4v) is 2.35. The van der Waals surface area contributed by atoms with Crippen molar-refractivity contribution in [2.75, 3.05) is 6.54 Å². The fraction of sp³-hybridized carbons (Fsp3) is 0.889. The molecule has 0 aromatic carbocycles. The van der Waals surface area contributed by atoms with Gasteiger partial charge in [0.15, 0.2) is 5.25 Å². The van der Waals surface area contributed by atoms with Crippen LogP contribution >= 0.6 is 0 Å². The van der Waals surface area contributed by atoms with Crippen molar-refractivity contribution in [2.45, 2.75) is 31.9 Å². The Kier molecular flexibility index (Phi) is 3.72. The minimum atomic E-state index is -3.71. The first-order chi connectivity index (χ1) is 6.84. The number of carboxylic acid groups (broad SMARTS) is 1. The molecular weight excluding hydrogens is 218 g/mol. The molecule has 6 heteroatoms. The predicted molar refractivity (Wildman–Crippen MR) is 55.9 cm³/mol. The average Bonchev–Trinajstić information content (AvgIpc) is 2.96. The normalized spacial score (nSPS) is 20.9. The van der Waals surface area contributed by atoms with Crippen LogP contribution in [-0.4, -0.2) is 31.3 Å². The maximum absolute atomic E-state index is 11.4. The van der Waals surface area contributed by atoms with E-state index in [0.717, 1.165) is 12.8 Å². The van der Waals surface area contributed by atoms with Crippen LogP contribution in [0.1, 0.15) is 26.7 Å². The van der Waals surface area contributed by atoms with Gasteiger partial charge in [0.1, 0.15) is 0 Å². The van der Waals surface area contributed by atoms with Crippen molar-refractivity contribution >= 4 is 16.0 Å². The summed E-state index contributed by atoms with van der Waals surface area (Å²) in [6.45, 7) is 3.49. The van der Waals surface area contributed by atoms with Gasteiger partial charge >= 0.3 is 5.97 Å². The molecule has 1 aliphatic carbocycles. The Morgan fingerprint density at radius 3 is 2.40 bits per heavy atom. The second-order valence-electron chi connectivity index (χ2n) is 4.19. The highest BCUT2D eigenvalue weighted by atomic mass is 32.2. The molecule has 2 N–H and O–H groups in total. The highest BCUT2D eigenvalue weighted by molar-refractivity contribution is 7.90. The quantitative estimate of drug-likeness (QED) is 0.699. The van der Waals surface area contributed by atoms with E-state index in [2.05, 4.69) is 4.72 Å². The molecule has 0 bridgehead atoms. The summed E-state index contributed by atoms with van der Waals surface area (Å²) in [5.74, 6) is -0.421. The predicted octanol–water partition coefficient (Wildman–Crippen LogP) is 0.425. The molecule has 0 saturated heterocycles. The van der Waals surface area contributed by atoms with Crippen LogP contribution in [0.2, 0.25) is 0 Å². The minimum absolute atomic E-state index is 0.292. The number of sulfonamides is 1. The zero-order valence-electron chi connectivity index (χ0n) is 8.93. The van der Waals surface area contributed by atoms with Crippen molar-refractivity contribution in [2.24, 2.45) is 11.8 Å². The fourth-order valence-electron chi connectivity index (χ4n) is 1.34. The first kappa shape index (κ1) is 12.4. The molecular formula is C9H17NO4S. The maximum atomic E-state index is 11.4. The zero-order chi connectivity index (χ0) is 11.6. The molecule has 0 heterocycles. The van der Waals surface area contributed by atoms with Gasteiger partial charge in [-0.1, -0.05) is 6.92 Å². The third-order valence-corrected chi connectivity index (χ3v) is 4.55. The van der Waals surface area contributed by atoms with E-state index in [1.807, 2.05) is 6.92 Å². The summed E-state index contributed by atoms with van der Waals surface area (Å²) < 4.78 is 25.2. The summed E-state index contributed by atoms with van der Waals surface area (Å²) in [4.78, 5) is 10.5. The molecule has 1 aliphatic rings. The summed E-state index contributed by atoms with van der Waals surface area (Å²) in [5.41, 5.74) is 0. The van der Waals surface area contributed by atoms with Crippen LogP contribution in [0, 0.1) is 11.8 Å². The van der Waals surface area contributed by atoms with Gasteiger partial charge in [0.25, 0.3) is 0 Å². The van der Waals surface area contributed by atoms with E-state index in [0.29, 0.717) is 18.4 Å². The molecule has 0 aliphatic heterocycles. The highest BCUT2D eigenvalue weighted by Crippen LogP contribution is 2.36. The molecule has 15 heavy (non-hydrogen) atoms. The lowest BCUT2D eigenvalue weighted by molar-refractivity contribution is -0.136. The molecule has 88 valence electrons.